The van der Waals surface area contributed by atoms with Crippen LogP contribution in [0.4, 0.5) is 0 Å². The van der Waals surface area contributed by atoms with Crippen LogP contribution in [-0.2, 0) is 13.5 Å². The molecule has 0 saturated heterocycles. The molecule has 0 saturated carbocycles. The van der Waals surface area contributed by atoms with Crippen molar-refractivity contribution in [3.05, 3.63) is 53.0 Å². The maximum atomic E-state index is 6.36. The first kappa shape index (κ1) is 12.9. The molecule has 2 heterocycles. The Kier molecular flexibility index (Phi) is 3.10. The summed E-state index contributed by atoms with van der Waals surface area (Å²) in [6, 6.07) is 7.90. The first-order chi connectivity index (χ1) is 9.58. The Morgan fingerprint density at radius 3 is 2.90 bits per heavy atom. The van der Waals surface area contributed by atoms with E-state index in [1.165, 1.54) is 5.56 Å². The second kappa shape index (κ2) is 4.80. The van der Waals surface area contributed by atoms with Crippen molar-refractivity contribution in [2.75, 3.05) is 0 Å². The maximum absolute atomic E-state index is 6.36. The Labute approximate surface area is 118 Å². The van der Waals surface area contributed by atoms with E-state index in [1.54, 1.807) is 4.68 Å². The number of nitrogens with two attached hydrogens (primary N) is 1. The SMILES string of the molecule is CCc1nn(C)cc1C(N)c1cc2cc(C)ccc2o1. The molecule has 1 aromatic carbocycles. The lowest BCUT2D eigenvalue weighted by molar-refractivity contribution is 0.524. The maximum Gasteiger partial charge on any atom is 0.134 e. The van der Waals surface area contributed by atoms with Crippen molar-refractivity contribution in [3.8, 4) is 0 Å². The summed E-state index contributed by atoms with van der Waals surface area (Å²) in [5.41, 5.74) is 10.5. The van der Waals surface area contributed by atoms with Crippen LogP contribution in [-0.4, -0.2) is 9.78 Å². The van der Waals surface area contributed by atoms with Gasteiger partial charge in [0.1, 0.15) is 11.3 Å². The Morgan fingerprint density at radius 2 is 2.15 bits per heavy atom. The summed E-state index contributed by atoms with van der Waals surface area (Å²) < 4.78 is 7.69. The van der Waals surface area contributed by atoms with Crippen LogP contribution in [0, 0.1) is 6.92 Å². The molecule has 2 N–H and O–H groups in total. The number of fused-ring (bicyclic) bond motifs is 1. The number of benzene rings is 1. The van der Waals surface area contributed by atoms with E-state index in [4.69, 9.17) is 10.2 Å². The van der Waals surface area contributed by atoms with Crippen LogP contribution in [0.1, 0.15) is 35.5 Å². The lowest BCUT2D eigenvalue weighted by Gasteiger charge is -2.07. The van der Waals surface area contributed by atoms with Crippen molar-refractivity contribution < 1.29 is 4.42 Å². The summed E-state index contributed by atoms with van der Waals surface area (Å²) in [6.45, 7) is 4.16. The summed E-state index contributed by atoms with van der Waals surface area (Å²) in [7, 11) is 1.91. The minimum Gasteiger partial charge on any atom is -0.459 e. The van der Waals surface area contributed by atoms with Gasteiger partial charge in [0.05, 0.1) is 11.7 Å². The predicted octanol–water partition coefficient (Wildman–Crippen LogP) is 3.09. The van der Waals surface area contributed by atoms with Gasteiger partial charge in [-0.3, -0.25) is 4.68 Å². The molecule has 0 aliphatic heterocycles. The fourth-order valence-corrected chi connectivity index (χ4v) is 2.58. The van der Waals surface area contributed by atoms with Gasteiger partial charge in [0.2, 0.25) is 0 Å². The molecule has 0 bridgehead atoms. The molecule has 3 aromatic rings. The van der Waals surface area contributed by atoms with Crippen molar-refractivity contribution in [3.63, 3.8) is 0 Å². The van der Waals surface area contributed by atoms with Crippen molar-refractivity contribution in [2.45, 2.75) is 26.3 Å². The van der Waals surface area contributed by atoms with Crippen LogP contribution >= 0.6 is 0 Å². The van der Waals surface area contributed by atoms with Crippen LogP contribution in [0.3, 0.4) is 0 Å². The molecule has 3 rings (SSSR count). The number of hydrogen-bond donors (Lipinski definition) is 1. The van der Waals surface area contributed by atoms with Gasteiger partial charge in [-0.2, -0.15) is 5.10 Å². The molecule has 0 aliphatic rings. The molecule has 4 heteroatoms. The van der Waals surface area contributed by atoms with Gasteiger partial charge in [0.15, 0.2) is 0 Å². The summed E-state index contributed by atoms with van der Waals surface area (Å²) in [5.74, 6) is 0.785. The van der Waals surface area contributed by atoms with Crippen LogP contribution in [0.25, 0.3) is 11.0 Å². The van der Waals surface area contributed by atoms with Crippen LogP contribution in [0.5, 0.6) is 0 Å². The summed E-state index contributed by atoms with van der Waals surface area (Å²) >= 11 is 0. The molecule has 4 nitrogen and oxygen atoms in total. The van der Waals surface area contributed by atoms with Crippen molar-refractivity contribution in [2.24, 2.45) is 12.8 Å². The summed E-state index contributed by atoms with van der Waals surface area (Å²) in [5, 5.41) is 5.53. The summed E-state index contributed by atoms with van der Waals surface area (Å²) in [4.78, 5) is 0. The van der Waals surface area contributed by atoms with Gasteiger partial charge in [-0.15, -0.1) is 0 Å². The average molecular weight is 269 g/mol. The quantitative estimate of drug-likeness (QED) is 0.795. The zero-order chi connectivity index (χ0) is 14.3. The van der Waals surface area contributed by atoms with Gasteiger partial charge >= 0.3 is 0 Å². The van der Waals surface area contributed by atoms with E-state index >= 15 is 0 Å². The third kappa shape index (κ3) is 2.12. The third-order valence-corrected chi connectivity index (χ3v) is 3.60. The first-order valence-electron chi connectivity index (χ1n) is 6.86. The molecule has 0 radical (unpaired) electrons. The molecular weight excluding hydrogens is 250 g/mol. The minimum absolute atomic E-state index is 0.272. The zero-order valence-corrected chi connectivity index (χ0v) is 12.1. The smallest absolute Gasteiger partial charge is 0.134 e. The Bertz CT molecular complexity index is 754. The van der Waals surface area contributed by atoms with Crippen molar-refractivity contribution in [1.82, 2.24) is 9.78 Å². The van der Waals surface area contributed by atoms with E-state index in [1.807, 2.05) is 31.4 Å². The van der Waals surface area contributed by atoms with E-state index in [0.717, 1.165) is 34.4 Å². The Hall–Kier alpha value is -2.07. The second-order valence-electron chi connectivity index (χ2n) is 5.23. The van der Waals surface area contributed by atoms with Gasteiger partial charge in [-0.25, -0.2) is 0 Å². The fraction of sp³-hybridized carbons (Fsp3) is 0.312. The normalized spacial score (nSPS) is 13.0. The van der Waals surface area contributed by atoms with Gasteiger partial charge in [-0.1, -0.05) is 18.6 Å². The third-order valence-electron chi connectivity index (χ3n) is 3.60. The number of hydrogen-bond acceptors (Lipinski definition) is 3. The van der Waals surface area contributed by atoms with Gasteiger partial charge in [-0.05, 0) is 31.5 Å². The second-order valence-corrected chi connectivity index (χ2v) is 5.23. The lowest BCUT2D eigenvalue weighted by atomic mass is 10.0. The Balaban J connectivity index is 2.05. The molecule has 0 aliphatic carbocycles. The van der Waals surface area contributed by atoms with Crippen molar-refractivity contribution in [1.29, 1.82) is 0 Å². The van der Waals surface area contributed by atoms with Crippen LogP contribution in [0.15, 0.2) is 34.9 Å². The van der Waals surface area contributed by atoms with Gasteiger partial charge < -0.3 is 10.2 Å². The minimum atomic E-state index is -0.272. The van der Waals surface area contributed by atoms with Gasteiger partial charge in [0.25, 0.3) is 0 Å². The van der Waals surface area contributed by atoms with E-state index in [9.17, 15) is 0 Å². The highest BCUT2D eigenvalue weighted by atomic mass is 16.3. The van der Waals surface area contributed by atoms with E-state index in [2.05, 4.69) is 25.0 Å². The molecular formula is C16H19N3O. The fourth-order valence-electron chi connectivity index (χ4n) is 2.58. The highest BCUT2D eigenvalue weighted by Gasteiger charge is 2.19. The van der Waals surface area contributed by atoms with Crippen molar-refractivity contribution >= 4 is 11.0 Å². The largest absolute Gasteiger partial charge is 0.459 e. The number of rotatable bonds is 3. The first-order valence-corrected chi connectivity index (χ1v) is 6.86. The van der Waals surface area contributed by atoms with Crippen LogP contribution in [0.2, 0.25) is 0 Å². The van der Waals surface area contributed by atoms with E-state index in [0.29, 0.717) is 0 Å². The lowest BCUT2D eigenvalue weighted by Crippen LogP contribution is -2.12. The Morgan fingerprint density at radius 1 is 1.35 bits per heavy atom. The van der Waals surface area contributed by atoms with E-state index in [-0.39, 0.29) is 6.04 Å². The molecule has 0 amide bonds. The summed E-state index contributed by atoms with van der Waals surface area (Å²) in [6.07, 6.45) is 2.84. The molecule has 1 unspecified atom stereocenters. The molecule has 104 valence electrons. The molecule has 0 spiro atoms. The molecule has 2 aromatic heterocycles. The number of aryl methyl sites for hydroxylation is 3. The molecule has 20 heavy (non-hydrogen) atoms. The predicted molar refractivity (Wildman–Crippen MR) is 79.6 cm³/mol. The highest BCUT2D eigenvalue weighted by Crippen LogP contribution is 2.28. The highest BCUT2D eigenvalue weighted by molar-refractivity contribution is 5.78. The zero-order valence-electron chi connectivity index (χ0n) is 12.1. The molecule has 0 fully saturated rings. The van der Waals surface area contributed by atoms with Gasteiger partial charge in [0, 0.05) is 24.2 Å². The topological polar surface area (TPSA) is 57.0 Å². The molecule has 1 atom stereocenters. The number of aromatic nitrogens is 2. The monoisotopic (exact) mass is 269 g/mol. The number of nitrogens with zero attached hydrogens (tertiary/aromatic N) is 2. The number of furan rings is 1. The van der Waals surface area contributed by atoms with Crippen LogP contribution < -0.4 is 5.73 Å². The average Bonchev–Trinajstić information content (AvgIpc) is 3.00. The standard InChI is InChI=1S/C16H19N3O/c1-4-13-12(9-19(3)18-13)16(17)15-8-11-7-10(2)5-6-14(11)20-15/h5-9,16H,4,17H2,1-3H3. The van der Waals surface area contributed by atoms with E-state index < -0.39 is 0 Å².